The maximum Gasteiger partial charge on any atom is 0.143 e. The average molecular weight is 371 g/mol. The van der Waals surface area contributed by atoms with Crippen LogP contribution in [-0.2, 0) is 4.79 Å². The molecule has 3 heterocycles. The molecule has 3 saturated heterocycles. The molecule has 0 atom stereocenters. The van der Waals surface area contributed by atoms with Crippen molar-refractivity contribution < 1.29 is 4.79 Å². The SMILES string of the molecule is CC(=O)CNC12CNCCNCC(N)(CNCCNC1)CNCCNC2. The van der Waals surface area contributed by atoms with Crippen LogP contribution in [-0.4, -0.2) is 102 Å². The molecule has 0 amide bonds. The van der Waals surface area contributed by atoms with Crippen LogP contribution in [0.2, 0.25) is 0 Å². The Morgan fingerprint density at radius 1 is 0.769 bits per heavy atom. The van der Waals surface area contributed by atoms with E-state index in [1.807, 2.05) is 0 Å². The standard InChI is InChI=1S/C17H38N8O/c1-15(26)8-25-17-12-22-5-2-19-9-16(18,10-20-3-6-23-13-17)11-21-4-7-24-14-17/h19-25H,2-14,18H2,1H3. The van der Waals surface area contributed by atoms with E-state index in [0.29, 0.717) is 6.54 Å². The monoisotopic (exact) mass is 370 g/mol. The van der Waals surface area contributed by atoms with E-state index in [-0.39, 0.29) is 16.9 Å². The van der Waals surface area contributed by atoms with Gasteiger partial charge in [0, 0.05) is 78.5 Å². The van der Waals surface area contributed by atoms with Gasteiger partial charge < -0.3 is 43.0 Å². The zero-order valence-corrected chi connectivity index (χ0v) is 16.2. The molecule has 0 aromatic carbocycles. The lowest BCUT2D eigenvalue weighted by Gasteiger charge is -2.37. The van der Waals surface area contributed by atoms with Crippen LogP contribution in [0.25, 0.3) is 0 Å². The van der Waals surface area contributed by atoms with Crippen molar-refractivity contribution in [2.45, 2.75) is 18.0 Å². The Kier molecular flexibility index (Phi) is 9.37. The zero-order chi connectivity index (χ0) is 18.7. The summed E-state index contributed by atoms with van der Waals surface area (Å²) >= 11 is 0. The van der Waals surface area contributed by atoms with Gasteiger partial charge in [-0.2, -0.15) is 0 Å². The Hall–Kier alpha value is -0.650. The van der Waals surface area contributed by atoms with Crippen LogP contribution in [0.3, 0.4) is 0 Å². The van der Waals surface area contributed by atoms with Gasteiger partial charge in [0.1, 0.15) is 5.78 Å². The lowest BCUT2D eigenvalue weighted by atomic mass is 9.97. The number of rotatable bonds is 3. The molecule has 3 fully saturated rings. The number of carbonyl (C=O) groups is 1. The molecule has 0 aromatic rings. The third kappa shape index (κ3) is 7.93. The first-order valence-electron chi connectivity index (χ1n) is 9.81. The summed E-state index contributed by atoms with van der Waals surface area (Å²) in [7, 11) is 0. The fourth-order valence-electron chi connectivity index (χ4n) is 3.40. The van der Waals surface area contributed by atoms with Gasteiger partial charge in [-0.05, 0) is 6.92 Å². The number of nitrogens with two attached hydrogens (primary N) is 1. The average Bonchev–Trinajstić information content (AvgIpc) is 2.61. The number of fused-ring (bicyclic) bond motifs is 15. The molecule has 3 rings (SSSR count). The summed E-state index contributed by atoms with van der Waals surface area (Å²) in [4.78, 5) is 11.5. The number of Topliss-reactive ketones (excluding diaryl/α,β-unsaturated/α-hetero) is 1. The van der Waals surface area contributed by atoms with Crippen LogP contribution in [0.15, 0.2) is 0 Å². The van der Waals surface area contributed by atoms with Crippen LogP contribution < -0.4 is 43.0 Å². The number of hydrogen-bond donors (Lipinski definition) is 8. The lowest BCUT2D eigenvalue weighted by molar-refractivity contribution is -0.116. The second-order valence-electron chi connectivity index (χ2n) is 7.76. The van der Waals surface area contributed by atoms with Gasteiger partial charge in [0.2, 0.25) is 0 Å². The number of hydrogen-bond acceptors (Lipinski definition) is 9. The van der Waals surface area contributed by atoms with E-state index in [1.165, 1.54) is 0 Å². The molecular formula is C17H38N8O. The molecular weight excluding hydrogens is 332 g/mol. The summed E-state index contributed by atoms with van der Waals surface area (Å²) < 4.78 is 0. The largest absolute Gasteiger partial charge is 0.322 e. The van der Waals surface area contributed by atoms with Crippen molar-refractivity contribution >= 4 is 5.78 Å². The first kappa shape index (κ1) is 21.6. The Bertz CT molecular complexity index is 376. The molecule has 0 aliphatic carbocycles. The Morgan fingerprint density at radius 3 is 1.46 bits per heavy atom. The topological polar surface area (TPSA) is 127 Å². The second-order valence-corrected chi connectivity index (χ2v) is 7.76. The van der Waals surface area contributed by atoms with Crippen molar-refractivity contribution in [1.29, 1.82) is 0 Å². The molecule has 9 nitrogen and oxygen atoms in total. The predicted octanol–water partition coefficient (Wildman–Crippen LogP) is -3.83. The Labute approximate surface area is 157 Å². The van der Waals surface area contributed by atoms with Gasteiger partial charge in [0.25, 0.3) is 0 Å². The molecule has 0 spiro atoms. The first-order valence-corrected chi connectivity index (χ1v) is 9.81. The summed E-state index contributed by atoms with van der Waals surface area (Å²) in [5.74, 6) is 0.155. The second kappa shape index (κ2) is 11.3. The van der Waals surface area contributed by atoms with E-state index in [1.54, 1.807) is 6.92 Å². The van der Waals surface area contributed by atoms with Gasteiger partial charge in [0.05, 0.1) is 17.6 Å². The molecule has 3 aliphatic heterocycles. The molecule has 9 N–H and O–H groups in total. The number of carbonyl (C=O) groups excluding carboxylic acids is 1. The highest BCUT2D eigenvalue weighted by Gasteiger charge is 2.30. The van der Waals surface area contributed by atoms with Crippen molar-refractivity contribution in [3.63, 3.8) is 0 Å². The fraction of sp³-hybridized carbons (Fsp3) is 0.941. The van der Waals surface area contributed by atoms with E-state index in [0.717, 1.165) is 78.5 Å². The molecule has 0 aromatic heterocycles. The van der Waals surface area contributed by atoms with Crippen LogP contribution >= 0.6 is 0 Å². The fourth-order valence-corrected chi connectivity index (χ4v) is 3.40. The van der Waals surface area contributed by atoms with Crippen LogP contribution in [0.5, 0.6) is 0 Å². The number of ketones is 1. The minimum atomic E-state index is -0.305. The minimum absolute atomic E-state index is 0.155. The quantitative estimate of drug-likeness (QED) is 0.252. The first-order chi connectivity index (χ1) is 12.5. The summed E-state index contributed by atoms with van der Waals surface area (Å²) in [6.07, 6.45) is 0. The summed E-state index contributed by atoms with van der Waals surface area (Å²) in [5, 5.41) is 24.5. The van der Waals surface area contributed by atoms with E-state index >= 15 is 0 Å². The third-order valence-electron chi connectivity index (χ3n) is 4.97. The van der Waals surface area contributed by atoms with Crippen molar-refractivity contribution in [3.8, 4) is 0 Å². The molecule has 2 bridgehead atoms. The highest BCUT2D eigenvalue weighted by atomic mass is 16.1. The molecule has 3 aliphatic rings. The molecule has 152 valence electrons. The number of nitrogens with one attached hydrogen (secondary N) is 7. The van der Waals surface area contributed by atoms with Gasteiger partial charge in [-0.25, -0.2) is 0 Å². The summed E-state index contributed by atoms with van der Waals surface area (Å²) in [6, 6.07) is 0. The van der Waals surface area contributed by atoms with Gasteiger partial charge >= 0.3 is 0 Å². The molecule has 0 saturated carbocycles. The van der Waals surface area contributed by atoms with Crippen LogP contribution in [0.4, 0.5) is 0 Å². The minimum Gasteiger partial charge on any atom is -0.322 e. The van der Waals surface area contributed by atoms with E-state index in [9.17, 15) is 4.79 Å². The molecule has 9 heteroatoms. The van der Waals surface area contributed by atoms with Crippen molar-refractivity contribution in [3.05, 3.63) is 0 Å². The predicted molar refractivity (Wildman–Crippen MR) is 106 cm³/mol. The van der Waals surface area contributed by atoms with E-state index in [2.05, 4.69) is 37.2 Å². The lowest BCUT2D eigenvalue weighted by Crippen LogP contribution is -2.66. The van der Waals surface area contributed by atoms with Gasteiger partial charge in [-0.15, -0.1) is 0 Å². The maximum atomic E-state index is 11.5. The normalized spacial score (nSPS) is 33.3. The Balaban J connectivity index is 2.10. The molecule has 26 heavy (non-hydrogen) atoms. The van der Waals surface area contributed by atoms with Gasteiger partial charge in [0.15, 0.2) is 0 Å². The van der Waals surface area contributed by atoms with Gasteiger partial charge in [-0.1, -0.05) is 0 Å². The highest BCUT2D eigenvalue weighted by Crippen LogP contribution is 2.03. The smallest absolute Gasteiger partial charge is 0.143 e. The summed E-state index contributed by atoms with van der Waals surface area (Å²) in [6.45, 7) is 11.9. The Morgan fingerprint density at radius 2 is 1.12 bits per heavy atom. The van der Waals surface area contributed by atoms with Crippen molar-refractivity contribution in [1.82, 2.24) is 37.2 Å². The maximum absolute atomic E-state index is 11.5. The van der Waals surface area contributed by atoms with Crippen molar-refractivity contribution in [2.75, 3.05) is 85.1 Å². The zero-order valence-electron chi connectivity index (χ0n) is 16.2. The third-order valence-corrected chi connectivity index (χ3v) is 4.97. The van der Waals surface area contributed by atoms with Crippen molar-refractivity contribution in [2.24, 2.45) is 5.73 Å². The van der Waals surface area contributed by atoms with Crippen LogP contribution in [0, 0.1) is 0 Å². The summed E-state index contributed by atoms with van der Waals surface area (Å²) in [5.41, 5.74) is 6.08. The highest BCUT2D eigenvalue weighted by molar-refractivity contribution is 5.77. The van der Waals surface area contributed by atoms with E-state index in [4.69, 9.17) is 5.73 Å². The van der Waals surface area contributed by atoms with Crippen LogP contribution in [0.1, 0.15) is 6.92 Å². The molecule has 0 radical (unpaired) electrons. The molecule has 0 unspecified atom stereocenters. The van der Waals surface area contributed by atoms with Gasteiger partial charge in [-0.3, -0.25) is 4.79 Å². The van der Waals surface area contributed by atoms with E-state index < -0.39 is 0 Å².